The van der Waals surface area contributed by atoms with Crippen molar-refractivity contribution in [3.63, 3.8) is 0 Å². The lowest BCUT2D eigenvalue weighted by Gasteiger charge is -2.07. The maximum Gasteiger partial charge on any atom is 0.205 e. The highest BCUT2D eigenvalue weighted by molar-refractivity contribution is 7.86. The highest BCUT2D eigenvalue weighted by Crippen LogP contribution is 1.97. The third-order valence-electron chi connectivity index (χ3n) is 1.39. The van der Waals surface area contributed by atoms with Crippen LogP contribution in [0.5, 0.6) is 0 Å². The molecular formula is C9H7O4S-. The summed E-state index contributed by atoms with van der Waals surface area (Å²) >= 11 is 0. The lowest BCUT2D eigenvalue weighted by atomic mass is 10.2. The van der Waals surface area contributed by atoms with E-state index in [4.69, 9.17) is 5.11 Å². The fourth-order valence-electron chi connectivity index (χ4n) is 0.739. The molecule has 74 valence electrons. The van der Waals surface area contributed by atoms with Gasteiger partial charge in [0.1, 0.15) is 10.1 Å². The summed E-state index contributed by atoms with van der Waals surface area (Å²) in [5.74, 6) is 4.32. The summed E-state index contributed by atoms with van der Waals surface area (Å²) < 4.78 is 30.7. The molecule has 0 saturated carbocycles. The lowest BCUT2D eigenvalue weighted by Crippen LogP contribution is -2.17. The molecule has 0 aromatic heterocycles. The van der Waals surface area contributed by atoms with Crippen molar-refractivity contribution in [1.82, 2.24) is 0 Å². The zero-order valence-electron chi connectivity index (χ0n) is 7.04. The van der Waals surface area contributed by atoms with E-state index >= 15 is 0 Å². The summed E-state index contributed by atoms with van der Waals surface area (Å²) in [6.45, 7) is 0. The summed E-state index contributed by atoms with van der Waals surface area (Å²) in [6.07, 6.45) is 0. The minimum atomic E-state index is -4.74. The Morgan fingerprint density at radius 3 is 2.36 bits per heavy atom. The Balaban J connectivity index is 2.85. The molecule has 0 aliphatic heterocycles. The maximum absolute atomic E-state index is 10.2. The van der Waals surface area contributed by atoms with Gasteiger partial charge in [-0.3, -0.25) is 0 Å². The molecule has 0 bridgehead atoms. The zero-order valence-corrected chi connectivity index (χ0v) is 7.86. The van der Waals surface area contributed by atoms with E-state index in [-0.39, 0.29) is 0 Å². The summed E-state index contributed by atoms with van der Waals surface area (Å²) in [7, 11) is -4.74. The maximum atomic E-state index is 10.2. The van der Waals surface area contributed by atoms with Crippen LogP contribution >= 0.6 is 0 Å². The van der Waals surface area contributed by atoms with Gasteiger partial charge in [-0.15, -0.1) is 0 Å². The van der Waals surface area contributed by atoms with Crippen LogP contribution in [0.3, 0.4) is 0 Å². The van der Waals surface area contributed by atoms with Crippen LogP contribution in [-0.2, 0) is 10.1 Å². The van der Waals surface area contributed by atoms with Crippen molar-refractivity contribution in [3.05, 3.63) is 35.9 Å². The standard InChI is InChI=1S/C9H8O4S/c10-9(14(11,12)13)7-6-8-4-2-1-3-5-8/h1-5,9-10H,(H,11,12,13)/p-1. The van der Waals surface area contributed by atoms with Crippen molar-refractivity contribution in [2.45, 2.75) is 5.44 Å². The van der Waals surface area contributed by atoms with Gasteiger partial charge in [0.25, 0.3) is 0 Å². The van der Waals surface area contributed by atoms with Crippen LogP contribution in [0.15, 0.2) is 30.3 Å². The first kappa shape index (κ1) is 10.7. The molecular weight excluding hydrogens is 204 g/mol. The summed E-state index contributed by atoms with van der Waals surface area (Å²) in [4.78, 5) is 0. The number of hydrogen-bond acceptors (Lipinski definition) is 4. The lowest BCUT2D eigenvalue weighted by molar-refractivity contribution is 0.280. The van der Waals surface area contributed by atoms with Gasteiger partial charge < -0.3 is 9.66 Å². The monoisotopic (exact) mass is 211 g/mol. The normalized spacial score (nSPS) is 12.7. The second-order valence-electron chi connectivity index (χ2n) is 2.48. The summed E-state index contributed by atoms with van der Waals surface area (Å²) in [5.41, 5.74) is -1.63. The van der Waals surface area contributed by atoms with Gasteiger partial charge in [-0.25, -0.2) is 8.42 Å². The SMILES string of the molecule is O=S(=O)([O-])C(O)C#Cc1ccccc1. The molecule has 5 heteroatoms. The number of benzene rings is 1. The van der Waals surface area contributed by atoms with Crippen LogP contribution in [0, 0.1) is 11.8 Å². The Labute approximate surface area is 81.9 Å². The Hall–Kier alpha value is -1.35. The van der Waals surface area contributed by atoms with E-state index in [0.29, 0.717) is 5.56 Å². The van der Waals surface area contributed by atoms with Gasteiger partial charge in [0.2, 0.25) is 5.44 Å². The molecule has 4 nitrogen and oxygen atoms in total. The third kappa shape index (κ3) is 3.18. The van der Waals surface area contributed by atoms with Crippen LogP contribution < -0.4 is 0 Å². The summed E-state index contributed by atoms with van der Waals surface area (Å²) in [6, 6.07) is 8.46. The van der Waals surface area contributed by atoms with Crippen LogP contribution in [0.1, 0.15) is 5.56 Å². The number of aliphatic hydroxyl groups excluding tert-OH is 1. The molecule has 1 N–H and O–H groups in total. The predicted molar refractivity (Wildman–Crippen MR) is 49.0 cm³/mol. The van der Waals surface area contributed by atoms with Gasteiger partial charge in [-0.05, 0) is 12.1 Å². The Morgan fingerprint density at radius 1 is 1.29 bits per heavy atom. The Morgan fingerprint density at radius 2 is 1.86 bits per heavy atom. The van der Waals surface area contributed by atoms with Crippen LogP contribution in [-0.4, -0.2) is 23.5 Å². The fraction of sp³-hybridized carbons (Fsp3) is 0.111. The van der Waals surface area contributed by atoms with E-state index < -0.39 is 15.6 Å². The molecule has 0 amide bonds. The van der Waals surface area contributed by atoms with E-state index in [1.807, 2.05) is 5.92 Å². The van der Waals surface area contributed by atoms with Crippen LogP contribution in [0.4, 0.5) is 0 Å². The number of rotatable bonds is 1. The average molecular weight is 211 g/mol. The molecule has 0 radical (unpaired) electrons. The molecule has 1 aromatic rings. The quantitative estimate of drug-likeness (QED) is 0.520. The zero-order chi connectivity index (χ0) is 10.6. The molecule has 0 heterocycles. The van der Waals surface area contributed by atoms with Crippen molar-refractivity contribution < 1.29 is 18.1 Å². The first-order valence-corrected chi connectivity index (χ1v) is 5.16. The van der Waals surface area contributed by atoms with Crippen LogP contribution in [0.25, 0.3) is 0 Å². The Bertz CT molecular complexity index is 453. The first-order chi connectivity index (χ1) is 6.50. The topological polar surface area (TPSA) is 77.4 Å². The molecule has 1 atom stereocenters. The van der Waals surface area contributed by atoms with Crippen molar-refractivity contribution in [2.75, 3.05) is 0 Å². The second-order valence-corrected chi connectivity index (χ2v) is 3.91. The van der Waals surface area contributed by atoms with Crippen molar-refractivity contribution in [2.24, 2.45) is 0 Å². The van der Waals surface area contributed by atoms with Crippen molar-refractivity contribution in [3.8, 4) is 11.8 Å². The summed E-state index contributed by atoms with van der Waals surface area (Å²) in [5, 5.41) is 8.77. The molecule has 14 heavy (non-hydrogen) atoms. The van der Waals surface area contributed by atoms with Gasteiger partial charge in [-0.1, -0.05) is 30.0 Å². The van der Waals surface area contributed by atoms with E-state index in [1.54, 1.807) is 30.3 Å². The van der Waals surface area contributed by atoms with Crippen molar-refractivity contribution in [1.29, 1.82) is 0 Å². The van der Waals surface area contributed by atoms with Gasteiger partial charge in [0, 0.05) is 5.56 Å². The van der Waals surface area contributed by atoms with Gasteiger partial charge >= 0.3 is 0 Å². The van der Waals surface area contributed by atoms with E-state index in [0.717, 1.165) is 0 Å². The second kappa shape index (κ2) is 4.24. The van der Waals surface area contributed by atoms with Gasteiger partial charge in [-0.2, -0.15) is 0 Å². The molecule has 1 aromatic carbocycles. The molecule has 1 unspecified atom stereocenters. The molecule has 0 aliphatic carbocycles. The smallest absolute Gasteiger partial charge is 0.205 e. The highest BCUT2D eigenvalue weighted by atomic mass is 32.2. The predicted octanol–water partition coefficient (Wildman–Crippen LogP) is -0.0983. The van der Waals surface area contributed by atoms with Gasteiger partial charge in [0.05, 0.1) is 0 Å². The van der Waals surface area contributed by atoms with E-state index in [2.05, 4.69) is 5.92 Å². The Kier molecular flexibility index (Phi) is 3.25. The molecule has 1 rings (SSSR count). The van der Waals surface area contributed by atoms with E-state index in [9.17, 15) is 13.0 Å². The first-order valence-electron chi connectivity index (χ1n) is 3.69. The largest absolute Gasteiger partial charge is 0.745 e. The molecule has 0 spiro atoms. The van der Waals surface area contributed by atoms with Crippen molar-refractivity contribution >= 4 is 10.1 Å². The highest BCUT2D eigenvalue weighted by Gasteiger charge is 2.06. The number of hydrogen-bond donors (Lipinski definition) is 1. The third-order valence-corrected chi connectivity index (χ3v) is 2.05. The minimum Gasteiger partial charge on any atom is -0.745 e. The average Bonchev–Trinajstić information content (AvgIpc) is 2.14. The van der Waals surface area contributed by atoms with Crippen LogP contribution in [0.2, 0.25) is 0 Å². The molecule has 0 saturated heterocycles. The minimum absolute atomic E-state index is 0.537. The van der Waals surface area contributed by atoms with E-state index in [1.165, 1.54) is 0 Å². The molecule has 0 fully saturated rings. The molecule has 0 aliphatic rings. The fourth-order valence-corrected chi connectivity index (χ4v) is 0.942. The number of aliphatic hydroxyl groups is 1. The van der Waals surface area contributed by atoms with Gasteiger partial charge in [0.15, 0.2) is 0 Å².